The molecule has 144 valence electrons. The highest BCUT2D eigenvalue weighted by Crippen LogP contribution is 2.23. The number of H-pyrrole nitrogens is 1. The monoisotopic (exact) mass is 376 g/mol. The van der Waals surface area contributed by atoms with Crippen LogP contribution in [0.25, 0.3) is 11.3 Å². The van der Waals surface area contributed by atoms with Gasteiger partial charge in [0.1, 0.15) is 11.4 Å². The highest BCUT2D eigenvalue weighted by Gasteiger charge is 2.23. The molecule has 1 aliphatic rings. The van der Waals surface area contributed by atoms with Gasteiger partial charge in [-0.1, -0.05) is 42.5 Å². The average Bonchev–Trinajstić information content (AvgIpc) is 3.25. The molecule has 1 N–H and O–H groups in total. The number of benzene rings is 2. The first-order valence-electron chi connectivity index (χ1n) is 9.48. The molecule has 0 unspecified atom stereocenters. The lowest BCUT2D eigenvalue weighted by Gasteiger charge is -2.34. The summed E-state index contributed by atoms with van der Waals surface area (Å²) in [6, 6.07) is 19.9. The van der Waals surface area contributed by atoms with Crippen LogP contribution < -0.4 is 4.74 Å². The third kappa shape index (κ3) is 4.07. The van der Waals surface area contributed by atoms with Gasteiger partial charge in [0.25, 0.3) is 5.91 Å². The van der Waals surface area contributed by atoms with Crippen molar-refractivity contribution in [1.82, 2.24) is 20.0 Å². The SMILES string of the molecule is COc1cccc(-c2cc(C(=O)N3CCN(Cc4ccccc4)CC3)[nH]n2)c1. The zero-order valence-electron chi connectivity index (χ0n) is 16.0. The molecule has 0 saturated carbocycles. The third-order valence-corrected chi connectivity index (χ3v) is 5.08. The van der Waals surface area contributed by atoms with E-state index in [1.54, 1.807) is 7.11 Å². The van der Waals surface area contributed by atoms with Gasteiger partial charge in [-0.3, -0.25) is 14.8 Å². The van der Waals surface area contributed by atoms with Crippen molar-refractivity contribution >= 4 is 5.91 Å². The Labute approximate surface area is 164 Å². The van der Waals surface area contributed by atoms with Crippen molar-refractivity contribution in [1.29, 1.82) is 0 Å². The van der Waals surface area contributed by atoms with Crippen molar-refractivity contribution in [3.8, 4) is 17.0 Å². The number of nitrogens with one attached hydrogen (secondary N) is 1. The molecule has 4 rings (SSSR count). The lowest BCUT2D eigenvalue weighted by Crippen LogP contribution is -2.48. The van der Waals surface area contributed by atoms with E-state index in [4.69, 9.17) is 4.74 Å². The van der Waals surface area contributed by atoms with E-state index >= 15 is 0 Å². The second-order valence-corrected chi connectivity index (χ2v) is 6.95. The number of nitrogens with zero attached hydrogens (tertiary/aromatic N) is 3. The summed E-state index contributed by atoms with van der Waals surface area (Å²) in [4.78, 5) is 17.1. The summed E-state index contributed by atoms with van der Waals surface area (Å²) in [5.41, 5.74) is 3.49. The molecule has 1 amide bonds. The largest absolute Gasteiger partial charge is 0.497 e. The second-order valence-electron chi connectivity index (χ2n) is 6.95. The first-order chi connectivity index (χ1) is 13.7. The molecule has 6 heteroatoms. The molecule has 1 aromatic heterocycles. The van der Waals surface area contributed by atoms with Crippen LogP contribution in [0.3, 0.4) is 0 Å². The maximum absolute atomic E-state index is 12.8. The topological polar surface area (TPSA) is 61.5 Å². The number of methoxy groups -OCH3 is 1. The lowest BCUT2D eigenvalue weighted by atomic mass is 10.1. The number of ether oxygens (including phenoxy) is 1. The van der Waals surface area contributed by atoms with Crippen LogP contribution in [0.4, 0.5) is 0 Å². The molecule has 2 heterocycles. The minimum absolute atomic E-state index is 0.000933. The van der Waals surface area contributed by atoms with Gasteiger partial charge in [0.15, 0.2) is 0 Å². The molecule has 3 aromatic rings. The Morgan fingerprint density at radius 2 is 1.82 bits per heavy atom. The van der Waals surface area contributed by atoms with E-state index < -0.39 is 0 Å². The molecule has 1 fully saturated rings. The highest BCUT2D eigenvalue weighted by molar-refractivity contribution is 5.93. The van der Waals surface area contributed by atoms with E-state index in [2.05, 4.69) is 39.4 Å². The maximum Gasteiger partial charge on any atom is 0.271 e. The smallest absolute Gasteiger partial charge is 0.271 e. The highest BCUT2D eigenvalue weighted by atomic mass is 16.5. The van der Waals surface area contributed by atoms with Gasteiger partial charge in [-0.15, -0.1) is 0 Å². The predicted octanol–water partition coefficient (Wildman–Crippen LogP) is 3.04. The zero-order valence-corrected chi connectivity index (χ0v) is 16.0. The molecule has 0 atom stereocenters. The van der Waals surface area contributed by atoms with E-state index in [1.165, 1.54) is 5.56 Å². The lowest BCUT2D eigenvalue weighted by molar-refractivity contribution is 0.0622. The third-order valence-electron chi connectivity index (χ3n) is 5.08. The Hall–Kier alpha value is -3.12. The van der Waals surface area contributed by atoms with Crippen LogP contribution in [-0.4, -0.2) is 59.2 Å². The standard InChI is InChI=1S/C22H24N4O2/c1-28-19-9-5-8-18(14-19)20-15-21(24-23-20)22(27)26-12-10-25(11-13-26)16-17-6-3-2-4-7-17/h2-9,14-15H,10-13,16H2,1H3,(H,23,24). The summed E-state index contributed by atoms with van der Waals surface area (Å²) in [5, 5.41) is 7.20. The predicted molar refractivity (Wildman–Crippen MR) is 108 cm³/mol. The number of carbonyl (C=O) groups is 1. The Balaban J connectivity index is 1.37. The molecule has 2 aromatic carbocycles. The van der Waals surface area contributed by atoms with E-state index in [0.717, 1.165) is 49.7 Å². The number of aromatic amines is 1. The Bertz CT molecular complexity index is 930. The summed E-state index contributed by atoms with van der Waals surface area (Å²) >= 11 is 0. The van der Waals surface area contributed by atoms with Crippen LogP contribution in [0, 0.1) is 0 Å². The Morgan fingerprint density at radius 1 is 1.04 bits per heavy atom. The van der Waals surface area contributed by atoms with Crippen LogP contribution in [0.1, 0.15) is 16.1 Å². The van der Waals surface area contributed by atoms with Crippen LogP contribution in [-0.2, 0) is 6.54 Å². The molecular formula is C22H24N4O2. The van der Waals surface area contributed by atoms with Crippen molar-refractivity contribution in [3.63, 3.8) is 0 Å². The minimum Gasteiger partial charge on any atom is -0.497 e. The summed E-state index contributed by atoms with van der Waals surface area (Å²) < 4.78 is 5.26. The minimum atomic E-state index is 0.000933. The summed E-state index contributed by atoms with van der Waals surface area (Å²) in [6.45, 7) is 4.11. The number of hydrogen-bond donors (Lipinski definition) is 1. The number of rotatable bonds is 5. The van der Waals surface area contributed by atoms with E-state index in [0.29, 0.717) is 5.69 Å². The molecule has 6 nitrogen and oxygen atoms in total. The van der Waals surface area contributed by atoms with Gasteiger partial charge >= 0.3 is 0 Å². The number of piperazine rings is 1. The van der Waals surface area contributed by atoms with Gasteiger partial charge in [0.2, 0.25) is 0 Å². The Morgan fingerprint density at radius 3 is 2.57 bits per heavy atom. The fourth-order valence-corrected chi connectivity index (χ4v) is 3.48. The number of hydrogen-bond acceptors (Lipinski definition) is 4. The van der Waals surface area contributed by atoms with Gasteiger partial charge in [0.05, 0.1) is 12.8 Å². The molecule has 0 aliphatic carbocycles. The van der Waals surface area contributed by atoms with Crippen LogP contribution in [0.5, 0.6) is 5.75 Å². The second kappa shape index (κ2) is 8.27. The van der Waals surface area contributed by atoms with E-state index in [1.807, 2.05) is 41.3 Å². The molecule has 1 aliphatic heterocycles. The van der Waals surface area contributed by atoms with E-state index in [9.17, 15) is 4.79 Å². The maximum atomic E-state index is 12.8. The van der Waals surface area contributed by atoms with Gasteiger partial charge in [-0.2, -0.15) is 5.10 Å². The van der Waals surface area contributed by atoms with Gasteiger partial charge in [0, 0.05) is 38.3 Å². The zero-order chi connectivity index (χ0) is 19.3. The van der Waals surface area contributed by atoms with Gasteiger partial charge < -0.3 is 9.64 Å². The average molecular weight is 376 g/mol. The van der Waals surface area contributed by atoms with Crippen molar-refractivity contribution in [2.45, 2.75) is 6.54 Å². The van der Waals surface area contributed by atoms with Crippen LogP contribution in [0.2, 0.25) is 0 Å². The molecular weight excluding hydrogens is 352 g/mol. The molecule has 0 bridgehead atoms. The van der Waals surface area contributed by atoms with Crippen molar-refractivity contribution in [3.05, 3.63) is 71.9 Å². The first kappa shape index (κ1) is 18.3. The summed E-state index contributed by atoms with van der Waals surface area (Å²) in [7, 11) is 1.63. The summed E-state index contributed by atoms with van der Waals surface area (Å²) in [6.07, 6.45) is 0. The summed E-state index contributed by atoms with van der Waals surface area (Å²) in [5.74, 6) is 0.768. The van der Waals surface area contributed by atoms with Crippen LogP contribution >= 0.6 is 0 Å². The Kier molecular flexibility index (Phi) is 5.39. The fraction of sp³-hybridized carbons (Fsp3) is 0.273. The molecule has 0 radical (unpaired) electrons. The fourth-order valence-electron chi connectivity index (χ4n) is 3.48. The molecule has 0 spiro atoms. The number of amides is 1. The molecule has 1 saturated heterocycles. The number of aromatic nitrogens is 2. The number of carbonyl (C=O) groups excluding carboxylic acids is 1. The van der Waals surface area contributed by atoms with Crippen molar-refractivity contribution in [2.75, 3.05) is 33.3 Å². The normalized spacial score (nSPS) is 14.8. The van der Waals surface area contributed by atoms with Crippen molar-refractivity contribution < 1.29 is 9.53 Å². The van der Waals surface area contributed by atoms with Gasteiger partial charge in [-0.25, -0.2) is 0 Å². The van der Waals surface area contributed by atoms with Gasteiger partial charge in [-0.05, 0) is 23.8 Å². The van der Waals surface area contributed by atoms with Crippen LogP contribution in [0.15, 0.2) is 60.7 Å². The van der Waals surface area contributed by atoms with E-state index in [-0.39, 0.29) is 5.91 Å². The first-order valence-corrected chi connectivity index (χ1v) is 9.48. The molecule has 28 heavy (non-hydrogen) atoms. The van der Waals surface area contributed by atoms with Crippen molar-refractivity contribution in [2.24, 2.45) is 0 Å². The quantitative estimate of drug-likeness (QED) is 0.744.